The fraction of sp³-hybridized carbons (Fsp3) is 0.650. The fourth-order valence-corrected chi connectivity index (χ4v) is 6.16. The first-order chi connectivity index (χ1) is 14.1. The van der Waals surface area contributed by atoms with Crippen LogP contribution in [0.4, 0.5) is 13.2 Å². The first-order valence-corrected chi connectivity index (χ1v) is 11.7. The monoisotopic (exact) mass is 449 g/mol. The van der Waals surface area contributed by atoms with Gasteiger partial charge in [-0.1, -0.05) is 30.3 Å². The molecule has 4 rings (SSSR count). The normalized spacial score (nSPS) is 28.3. The highest BCUT2D eigenvalue weighted by Gasteiger charge is 2.49. The van der Waals surface area contributed by atoms with E-state index in [0.29, 0.717) is 19.6 Å². The van der Waals surface area contributed by atoms with Gasteiger partial charge in [-0.25, -0.2) is 13.2 Å². The van der Waals surface area contributed by atoms with Gasteiger partial charge in [0.15, 0.2) is 9.84 Å². The molecule has 168 valence electrons. The smallest absolute Gasteiger partial charge is 0.475 e. The Morgan fingerprint density at radius 2 is 1.77 bits per heavy atom. The van der Waals surface area contributed by atoms with Crippen molar-refractivity contribution in [1.82, 2.24) is 4.90 Å². The number of alkyl halides is 3. The minimum Gasteiger partial charge on any atom is -0.475 e. The van der Waals surface area contributed by atoms with Gasteiger partial charge in [-0.3, -0.25) is 0 Å². The second-order valence-electron chi connectivity index (χ2n) is 8.16. The van der Waals surface area contributed by atoms with Crippen molar-refractivity contribution in [1.29, 1.82) is 0 Å². The molecule has 2 saturated heterocycles. The lowest BCUT2D eigenvalue weighted by Gasteiger charge is -2.32. The van der Waals surface area contributed by atoms with Crippen LogP contribution in [0.3, 0.4) is 0 Å². The Morgan fingerprint density at radius 3 is 2.33 bits per heavy atom. The number of fused-ring (bicyclic) bond motifs is 1. The van der Waals surface area contributed by atoms with Gasteiger partial charge < -0.3 is 14.7 Å². The summed E-state index contributed by atoms with van der Waals surface area (Å²) in [6.07, 6.45) is -1.74. The van der Waals surface area contributed by atoms with Gasteiger partial charge in [-0.05, 0) is 30.7 Å². The van der Waals surface area contributed by atoms with Crippen LogP contribution in [0.25, 0.3) is 0 Å². The molecule has 10 heteroatoms. The van der Waals surface area contributed by atoms with E-state index >= 15 is 0 Å². The topological polar surface area (TPSA) is 83.9 Å². The summed E-state index contributed by atoms with van der Waals surface area (Å²) in [6, 6.07) is 10.1. The van der Waals surface area contributed by atoms with Crippen molar-refractivity contribution in [3.63, 3.8) is 0 Å². The first kappa shape index (κ1) is 23.0. The number of carboxylic acids is 1. The molecule has 0 spiro atoms. The molecule has 2 aliphatic heterocycles. The molecule has 1 aromatic carbocycles. The van der Waals surface area contributed by atoms with Crippen LogP contribution >= 0.6 is 0 Å². The van der Waals surface area contributed by atoms with Crippen molar-refractivity contribution in [3.8, 4) is 0 Å². The van der Waals surface area contributed by atoms with Crippen LogP contribution in [-0.4, -0.2) is 67.3 Å². The molecular weight excluding hydrogens is 423 g/mol. The zero-order valence-electron chi connectivity index (χ0n) is 16.4. The van der Waals surface area contributed by atoms with E-state index in [2.05, 4.69) is 17.0 Å². The summed E-state index contributed by atoms with van der Waals surface area (Å²) in [5.74, 6) is -1.52. The van der Waals surface area contributed by atoms with E-state index in [-0.39, 0.29) is 23.0 Å². The average molecular weight is 449 g/mol. The number of aliphatic carboxylic acids is 1. The Morgan fingerprint density at radius 1 is 1.13 bits per heavy atom. The van der Waals surface area contributed by atoms with Gasteiger partial charge in [0.05, 0.1) is 23.7 Å². The molecule has 0 aromatic heterocycles. The summed E-state index contributed by atoms with van der Waals surface area (Å²) in [7, 11) is -2.95. The summed E-state index contributed by atoms with van der Waals surface area (Å²) in [6.45, 7) is 3.26. The lowest BCUT2D eigenvalue weighted by Crippen LogP contribution is -2.44. The molecule has 3 fully saturated rings. The predicted molar refractivity (Wildman–Crippen MR) is 104 cm³/mol. The van der Waals surface area contributed by atoms with Crippen molar-refractivity contribution in [2.75, 3.05) is 25.4 Å². The van der Waals surface area contributed by atoms with Gasteiger partial charge in [0, 0.05) is 25.6 Å². The van der Waals surface area contributed by atoms with Crippen molar-refractivity contribution >= 4 is 15.8 Å². The van der Waals surface area contributed by atoms with Gasteiger partial charge in [0.25, 0.3) is 0 Å². The van der Waals surface area contributed by atoms with Crippen molar-refractivity contribution < 1.29 is 36.2 Å². The highest BCUT2D eigenvalue weighted by molar-refractivity contribution is 7.92. The number of carbonyl (C=O) groups is 1. The standard InChI is InChI=1S/C18H25NO3S.C2HF3O2/c20-23(21)9-8-17(22-13-15-4-2-1-3-5-15)16-11-19(12-18(16)23)10-14-6-7-14;3-2(4,5)1(6)7/h1-5,14,16-18H,6-13H2;(H,6,7). The predicted octanol–water partition coefficient (Wildman–Crippen LogP) is 2.73. The zero-order valence-corrected chi connectivity index (χ0v) is 17.2. The quantitative estimate of drug-likeness (QED) is 0.744. The number of rotatable bonds is 5. The van der Waals surface area contributed by atoms with E-state index < -0.39 is 22.0 Å². The van der Waals surface area contributed by atoms with Crippen LogP contribution in [0.5, 0.6) is 0 Å². The molecule has 6 nitrogen and oxygen atoms in total. The van der Waals surface area contributed by atoms with Gasteiger partial charge >= 0.3 is 12.1 Å². The SMILES string of the molecule is O=C(O)C(F)(F)F.O=S1(=O)CCC(OCc2ccccc2)C2CN(CC3CC3)CC21. The van der Waals surface area contributed by atoms with Crippen molar-refractivity contribution in [3.05, 3.63) is 35.9 Å². The van der Waals surface area contributed by atoms with Crippen LogP contribution in [0.15, 0.2) is 30.3 Å². The summed E-state index contributed by atoms with van der Waals surface area (Å²) in [5.41, 5.74) is 1.16. The highest BCUT2D eigenvalue weighted by Crippen LogP contribution is 2.37. The third-order valence-corrected chi connectivity index (χ3v) is 8.00. The number of likely N-dealkylation sites (tertiary alicyclic amines) is 1. The number of benzene rings is 1. The average Bonchev–Trinajstić information content (AvgIpc) is 3.37. The Balaban J connectivity index is 0.000000318. The maximum atomic E-state index is 12.4. The number of hydrogen-bond donors (Lipinski definition) is 1. The number of hydrogen-bond acceptors (Lipinski definition) is 5. The maximum absolute atomic E-state index is 12.4. The molecule has 0 bridgehead atoms. The van der Waals surface area contributed by atoms with Gasteiger partial charge in [-0.2, -0.15) is 13.2 Å². The second-order valence-corrected chi connectivity index (χ2v) is 10.5. The van der Waals surface area contributed by atoms with Crippen LogP contribution < -0.4 is 0 Å². The molecule has 0 radical (unpaired) electrons. The van der Waals surface area contributed by atoms with E-state index in [1.807, 2.05) is 18.2 Å². The summed E-state index contributed by atoms with van der Waals surface area (Å²) in [5, 5.41) is 6.91. The zero-order chi connectivity index (χ0) is 21.9. The molecule has 1 saturated carbocycles. The molecule has 30 heavy (non-hydrogen) atoms. The molecule has 3 atom stereocenters. The number of ether oxygens (including phenoxy) is 1. The lowest BCUT2D eigenvalue weighted by molar-refractivity contribution is -0.192. The first-order valence-electron chi connectivity index (χ1n) is 9.96. The van der Waals surface area contributed by atoms with Crippen LogP contribution in [-0.2, 0) is 26.0 Å². The second kappa shape index (κ2) is 9.23. The van der Waals surface area contributed by atoms with Gasteiger partial charge in [-0.15, -0.1) is 0 Å². The van der Waals surface area contributed by atoms with Crippen LogP contribution in [0.2, 0.25) is 0 Å². The van der Waals surface area contributed by atoms with Crippen molar-refractivity contribution in [2.45, 2.75) is 43.4 Å². The summed E-state index contributed by atoms with van der Waals surface area (Å²) in [4.78, 5) is 11.3. The molecule has 1 aromatic rings. The van der Waals surface area contributed by atoms with Gasteiger partial charge in [0.2, 0.25) is 0 Å². The van der Waals surface area contributed by atoms with E-state index in [4.69, 9.17) is 14.6 Å². The molecule has 2 heterocycles. The van der Waals surface area contributed by atoms with E-state index in [1.54, 1.807) is 0 Å². The lowest BCUT2D eigenvalue weighted by atomic mass is 9.98. The number of sulfone groups is 1. The Kier molecular flexibility index (Phi) is 7.09. The highest BCUT2D eigenvalue weighted by atomic mass is 32.2. The largest absolute Gasteiger partial charge is 0.490 e. The molecule has 1 aliphatic carbocycles. The summed E-state index contributed by atoms with van der Waals surface area (Å²) >= 11 is 0. The van der Waals surface area contributed by atoms with Crippen molar-refractivity contribution in [2.24, 2.45) is 11.8 Å². The Bertz CT molecular complexity index is 827. The van der Waals surface area contributed by atoms with E-state index in [9.17, 15) is 21.6 Å². The number of halogens is 3. The maximum Gasteiger partial charge on any atom is 0.490 e. The molecular formula is C20H26F3NO5S. The minimum atomic E-state index is -5.08. The van der Waals surface area contributed by atoms with Crippen LogP contribution in [0.1, 0.15) is 24.8 Å². The molecule has 0 amide bonds. The number of carboxylic acid groups (broad SMARTS) is 1. The van der Waals surface area contributed by atoms with Crippen LogP contribution in [0, 0.1) is 11.8 Å². The fourth-order valence-electron chi connectivity index (χ4n) is 4.06. The van der Waals surface area contributed by atoms with E-state index in [1.165, 1.54) is 12.8 Å². The number of nitrogens with zero attached hydrogens (tertiary/aromatic N) is 1. The van der Waals surface area contributed by atoms with E-state index in [0.717, 1.165) is 24.6 Å². The van der Waals surface area contributed by atoms with Gasteiger partial charge in [0.1, 0.15) is 0 Å². The molecule has 3 aliphatic rings. The minimum absolute atomic E-state index is 0.0768. The Hall–Kier alpha value is -1.65. The third-order valence-electron chi connectivity index (χ3n) is 5.77. The third kappa shape index (κ3) is 6.18. The molecule has 3 unspecified atom stereocenters. The Labute approximate surface area is 173 Å². The molecule has 1 N–H and O–H groups in total. The summed E-state index contributed by atoms with van der Waals surface area (Å²) < 4.78 is 62.8.